The fourth-order valence-electron chi connectivity index (χ4n) is 2.90. The van der Waals surface area contributed by atoms with E-state index in [1.165, 1.54) is 16.0 Å². The van der Waals surface area contributed by atoms with Gasteiger partial charge in [0.05, 0.1) is 4.88 Å². The van der Waals surface area contributed by atoms with Gasteiger partial charge in [0.25, 0.3) is 0 Å². The molecule has 0 saturated carbocycles. The molecule has 0 unspecified atom stereocenters. The molecular weight excluding hydrogens is 314 g/mol. The van der Waals surface area contributed by atoms with Crippen molar-refractivity contribution in [3.05, 3.63) is 77.3 Å². The SMILES string of the molecule is Cc1ccc2nc(-c3cccs3)c(N[C@H](C)c3ccccc3)n2c1. The number of aryl methyl sites for hydroxylation is 1. The predicted molar refractivity (Wildman–Crippen MR) is 102 cm³/mol. The summed E-state index contributed by atoms with van der Waals surface area (Å²) in [5, 5.41) is 5.76. The van der Waals surface area contributed by atoms with Crippen molar-refractivity contribution in [3.8, 4) is 10.6 Å². The Labute approximate surface area is 145 Å². The van der Waals surface area contributed by atoms with Gasteiger partial charge in [0.2, 0.25) is 0 Å². The standard InChI is InChI=1S/C20H19N3S/c1-14-10-11-18-22-19(17-9-6-12-24-17)20(23(18)13-14)21-15(2)16-7-4-3-5-8-16/h3-13,15,21H,1-2H3/t15-/m1/s1. The summed E-state index contributed by atoms with van der Waals surface area (Å²) in [4.78, 5) is 6.03. The molecule has 4 heteroatoms. The third kappa shape index (κ3) is 2.69. The molecule has 0 bridgehead atoms. The van der Waals surface area contributed by atoms with E-state index in [0.717, 1.165) is 17.2 Å². The van der Waals surface area contributed by atoms with E-state index in [-0.39, 0.29) is 6.04 Å². The van der Waals surface area contributed by atoms with E-state index in [4.69, 9.17) is 4.98 Å². The average Bonchev–Trinajstić information content (AvgIpc) is 3.24. The van der Waals surface area contributed by atoms with Crippen molar-refractivity contribution in [2.24, 2.45) is 0 Å². The van der Waals surface area contributed by atoms with Crippen LogP contribution in [0.4, 0.5) is 5.82 Å². The molecule has 0 aliphatic heterocycles. The van der Waals surface area contributed by atoms with Crippen LogP contribution >= 0.6 is 11.3 Å². The van der Waals surface area contributed by atoms with E-state index < -0.39 is 0 Å². The minimum Gasteiger partial charge on any atom is -0.363 e. The predicted octanol–water partition coefficient (Wildman–Crippen LogP) is 5.54. The third-order valence-corrected chi connectivity index (χ3v) is 5.05. The molecule has 0 amide bonds. The lowest BCUT2D eigenvalue weighted by Gasteiger charge is -2.16. The highest BCUT2D eigenvalue weighted by atomic mass is 32.1. The molecule has 0 radical (unpaired) electrons. The molecular formula is C20H19N3S. The number of anilines is 1. The summed E-state index contributed by atoms with van der Waals surface area (Å²) in [5.41, 5.74) is 4.45. The van der Waals surface area contributed by atoms with Gasteiger partial charge in [0.1, 0.15) is 17.2 Å². The smallest absolute Gasteiger partial charge is 0.140 e. The van der Waals surface area contributed by atoms with Gasteiger partial charge in [0.15, 0.2) is 0 Å². The van der Waals surface area contributed by atoms with E-state index >= 15 is 0 Å². The lowest BCUT2D eigenvalue weighted by Crippen LogP contribution is -2.09. The molecule has 0 saturated heterocycles. The van der Waals surface area contributed by atoms with Crippen molar-refractivity contribution in [2.75, 3.05) is 5.32 Å². The lowest BCUT2D eigenvalue weighted by molar-refractivity contribution is 0.871. The molecule has 0 spiro atoms. The molecule has 1 atom stereocenters. The summed E-state index contributed by atoms with van der Waals surface area (Å²) in [6, 6.07) is 19.1. The highest BCUT2D eigenvalue weighted by Gasteiger charge is 2.17. The van der Waals surface area contributed by atoms with Crippen molar-refractivity contribution >= 4 is 22.8 Å². The van der Waals surface area contributed by atoms with Gasteiger partial charge in [-0.15, -0.1) is 11.3 Å². The van der Waals surface area contributed by atoms with Gasteiger partial charge in [-0.1, -0.05) is 42.5 Å². The van der Waals surface area contributed by atoms with Crippen LogP contribution in [-0.4, -0.2) is 9.38 Å². The highest BCUT2D eigenvalue weighted by molar-refractivity contribution is 7.13. The summed E-state index contributed by atoms with van der Waals surface area (Å²) in [5.74, 6) is 1.05. The van der Waals surface area contributed by atoms with Crippen LogP contribution in [0.15, 0.2) is 66.2 Å². The number of nitrogens with zero attached hydrogens (tertiary/aromatic N) is 2. The number of hydrogen-bond donors (Lipinski definition) is 1. The highest BCUT2D eigenvalue weighted by Crippen LogP contribution is 2.34. The largest absolute Gasteiger partial charge is 0.363 e. The number of rotatable bonds is 4. The summed E-state index contributed by atoms with van der Waals surface area (Å²) in [6.45, 7) is 4.29. The fourth-order valence-corrected chi connectivity index (χ4v) is 3.62. The first-order valence-electron chi connectivity index (χ1n) is 8.06. The molecule has 3 nitrogen and oxygen atoms in total. The average molecular weight is 333 g/mol. The van der Waals surface area contributed by atoms with Crippen molar-refractivity contribution in [1.29, 1.82) is 0 Å². The van der Waals surface area contributed by atoms with Crippen molar-refractivity contribution in [2.45, 2.75) is 19.9 Å². The Morgan fingerprint density at radius 3 is 2.62 bits per heavy atom. The monoisotopic (exact) mass is 333 g/mol. The van der Waals surface area contributed by atoms with Gasteiger partial charge in [-0.25, -0.2) is 4.98 Å². The third-order valence-electron chi connectivity index (χ3n) is 4.17. The Morgan fingerprint density at radius 1 is 1.04 bits per heavy atom. The quantitative estimate of drug-likeness (QED) is 0.531. The number of fused-ring (bicyclic) bond motifs is 1. The molecule has 1 N–H and O–H groups in total. The summed E-state index contributed by atoms with van der Waals surface area (Å²) < 4.78 is 2.16. The molecule has 0 aliphatic rings. The zero-order chi connectivity index (χ0) is 16.5. The molecule has 4 aromatic rings. The van der Waals surface area contributed by atoms with Crippen LogP contribution in [0.1, 0.15) is 24.1 Å². The maximum Gasteiger partial charge on any atom is 0.140 e. The first-order valence-corrected chi connectivity index (χ1v) is 8.94. The molecule has 120 valence electrons. The number of benzene rings is 1. The second-order valence-electron chi connectivity index (χ2n) is 6.00. The van der Waals surface area contributed by atoms with Crippen molar-refractivity contribution < 1.29 is 0 Å². The fraction of sp³-hybridized carbons (Fsp3) is 0.150. The van der Waals surface area contributed by atoms with E-state index in [1.54, 1.807) is 11.3 Å². The van der Waals surface area contributed by atoms with E-state index in [0.29, 0.717) is 0 Å². The van der Waals surface area contributed by atoms with Crippen LogP contribution in [0.5, 0.6) is 0 Å². The van der Waals surface area contributed by atoms with Crippen LogP contribution in [-0.2, 0) is 0 Å². The topological polar surface area (TPSA) is 29.3 Å². The summed E-state index contributed by atoms with van der Waals surface area (Å²) >= 11 is 1.72. The molecule has 24 heavy (non-hydrogen) atoms. The van der Waals surface area contributed by atoms with Gasteiger partial charge < -0.3 is 5.32 Å². The second kappa shape index (κ2) is 6.13. The van der Waals surface area contributed by atoms with Crippen LogP contribution in [0.2, 0.25) is 0 Å². The zero-order valence-corrected chi connectivity index (χ0v) is 14.5. The van der Waals surface area contributed by atoms with Crippen LogP contribution in [0.3, 0.4) is 0 Å². The normalized spacial score (nSPS) is 12.4. The van der Waals surface area contributed by atoms with Gasteiger partial charge in [-0.3, -0.25) is 4.40 Å². The van der Waals surface area contributed by atoms with Gasteiger partial charge >= 0.3 is 0 Å². The minimum atomic E-state index is 0.199. The lowest BCUT2D eigenvalue weighted by atomic mass is 10.1. The minimum absolute atomic E-state index is 0.199. The number of thiophene rings is 1. The number of pyridine rings is 1. The molecule has 4 rings (SSSR count). The van der Waals surface area contributed by atoms with E-state index in [1.807, 2.05) is 6.07 Å². The van der Waals surface area contributed by atoms with Crippen LogP contribution < -0.4 is 5.32 Å². The maximum atomic E-state index is 4.85. The molecule has 0 fully saturated rings. The van der Waals surface area contributed by atoms with E-state index in [2.05, 4.69) is 83.7 Å². The molecule has 1 aromatic carbocycles. The van der Waals surface area contributed by atoms with Crippen LogP contribution in [0, 0.1) is 6.92 Å². The number of aromatic nitrogens is 2. The first kappa shape index (κ1) is 15.0. The van der Waals surface area contributed by atoms with Crippen molar-refractivity contribution in [1.82, 2.24) is 9.38 Å². The summed E-state index contributed by atoms with van der Waals surface area (Å²) in [7, 11) is 0. The number of hydrogen-bond acceptors (Lipinski definition) is 3. The molecule has 3 aromatic heterocycles. The Morgan fingerprint density at radius 2 is 1.88 bits per heavy atom. The Bertz CT molecular complexity index is 955. The Hall–Kier alpha value is -2.59. The second-order valence-corrected chi connectivity index (χ2v) is 6.95. The summed E-state index contributed by atoms with van der Waals surface area (Å²) in [6.07, 6.45) is 2.14. The van der Waals surface area contributed by atoms with Crippen molar-refractivity contribution in [3.63, 3.8) is 0 Å². The van der Waals surface area contributed by atoms with E-state index in [9.17, 15) is 0 Å². The number of nitrogens with one attached hydrogen (secondary N) is 1. The molecule has 3 heterocycles. The number of imidazole rings is 1. The van der Waals surface area contributed by atoms with Gasteiger partial charge in [-0.05, 0) is 42.5 Å². The van der Waals surface area contributed by atoms with Gasteiger partial charge in [-0.2, -0.15) is 0 Å². The zero-order valence-electron chi connectivity index (χ0n) is 13.7. The maximum absolute atomic E-state index is 4.85. The van der Waals surface area contributed by atoms with Gasteiger partial charge in [0, 0.05) is 12.2 Å². The first-order chi connectivity index (χ1) is 11.7. The Kier molecular flexibility index (Phi) is 3.82. The Balaban J connectivity index is 1.83. The van der Waals surface area contributed by atoms with Crippen LogP contribution in [0.25, 0.3) is 16.2 Å². The molecule has 0 aliphatic carbocycles.